The van der Waals surface area contributed by atoms with E-state index in [1.165, 1.54) is 4.57 Å². The maximum atomic E-state index is 12.2. The van der Waals surface area contributed by atoms with Gasteiger partial charge in [-0.05, 0) is 12.1 Å². The molecule has 1 aliphatic rings. The van der Waals surface area contributed by atoms with Crippen LogP contribution in [0, 0.1) is 0 Å². The second-order valence-corrected chi connectivity index (χ2v) is 4.49. The molecule has 0 saturated carbocycles. The van der Waals surface area contributed by atoms with Gasteiger partial charge in [0.1, 0.15) is 0 Å². The summed E-state index contributed by atoms with van der Waals surface area (Å²) in [6.45, 7) is 1.30. The Bertz CT molecular complexity index is 700. The van der Waals surface area contributed by atoms with Crippen molar-refractivity contribution in [3.63, 3.8) is 0 Å². The molecule has 5 nitrogen and oxygen atoms in total. The molecule has 1 aromatic carbocycles. The van der Waals surface area contributed by atoms with Crippen LogP contribution in [-0.4, -0.2) is 22.6 Å². The predicted molar refractivity (Wildman–Crippen MR) is 65.7 cm³/mol. The van der Waals surface area contributed by atoms with Crippen LogP contribution in [0.1, 0.15) is 6.04 Å². The van der Waals surface area contributed by atoms with Crippen molar-refractivity contribution >= 4 is 22.5 Å². The minimum Gasteiger partial charge on any atom is -0.312 e. The molecule has 1 aromatic heterocycles. The van der Waals surface area contributed by atoms with E-state index in [-0.39, 0.29) is 11.6 Å². The lowest BCUT2D eigenvalue weighted by Gasteiger charge is -2.28. The van der Waals surface area contributed by atoms with Crippen LogP contribution in [0.15, 0.2) is 27.8 Å². The number of hydrogen-bond donors (Lipinski definition) is 2. The highest BCUT2D eigenvalue weighted by Gasteiger charge is 2.23. The normalized spacial score (nSPS) is 16.1. The molecule has 0 radical (unpaired) electrons. The zero-order chi connectivity index (χ0) is 12.0. The van der Waals surface area contributed by atoms with E-state index in [0.29, 0.717) is 29.0 Å². The van der Waals surface area contributed by atoms with Crippen LogP contribution in [0.5, 0.6) is 0 Å². The first-order valence-corrected chi connectivity index (χ1v) is 5.70. The summed E-state index contributed by atoms with van der Waals surface area (Å²) in [4.78, 5) is 26.7. The number of benzene rings is 1. The first-order valence-electron chi connectivity index (χ1n) is 5.32. The molecule has 0 aliphatic carbocycles. The standard InChI is InChI=1S/C11H10ClN3O2/c12-8-3-1-2-7-9(8)14-11(17)15(10(7)16)6-4-13-5-6/h1-3,6,13H,4-5H2,(H,14,17). The van der Waals surface area contributed by atoms with E-state index < -0.39 is 5.69 Å². The third-order valence-electron chi connectivity index (χ3n) is 3.04. The summed E-state index contributed by atoms with van der Waals surface area (Å²) in [6, 6.07) is 4.96. The fourth-order valence-electron chi connectivity index (χ4n) is 2.01. The van der Waals surface area contributed by atoms with Crippen molar-refractivity contribution in [3.05, 3.63) is 44.1 Å². The number of fused-ring (bicyclic) bond motifs is 1. The highest BCUT2D eigenvalue weighted by Crippen LogP contribution is 2.17. The van der Waals surface area contributed by atoms with Crippen molar-refractivity contribution in [2.24, 2.45) is 0 Å². The number of H-pyrrole nitrogens is 1. The quantitative estimate of drug-likeness (QED) is 0.775. The molecule has 6 heteroatoms. The molecule has 0 unspecified atom stereocenters. The second-order valence-electron chi connectivity index (χ2n) is 4.08. The Morgan fingerprint density at radius 1 is 1.29 bits per heavy atom. The van der Waals surface area contributed by atoms with Crippen LogP contribution >= 0.6 is 11.6 Å². The van der Waals surface area contributed by atoms with E-state index in [1.807, 2.05) is 0 Å². The molecule has 17 heavy (non-hydrogen) atoms. The number of rotatable bonds is 1. The van der Waals surface area contributed by atoms with Crippen LogP contribution in [-0.2, 0) is 0 Å². The maximum absolute atomic E-state index is 12.2. The zero-order valence-electron chi connectivity index (χ0n) is 8.87. The number of para-hydroxylation sites is 1. The van der Waals surface area contributed by atoms with Gasteiger partial charge < -0.3 is 10.3 Å². The summed E-state index contributed by atoms with van der Waals surface area (Å²) in [5.74, 6) is 0. The van der Waals surface area contributed by atoms with Gasteiger partial charge in [0.05, 0.1) is 22.0 Å². The van der Waals surface area contributed by atoms with Crippen LogP contribution < -0.4 is 16.6 Å². The fraction of sp³-hybridized carbons (Fsp3) is 0.273. The summed E-state index contributed by atoms with van der Waals surface area (Å²) < 4.78 is 1.26. The van der Waals surface area contributed by atoms with Gasteiger partial charge in [-0.3, -0.25) is 9.36 Å². The van der Waals surface area contributed by atoms with Crippen molar-refractivity contribution in [1.29, 1.82) is 0 Å². The van der Waals surface area contributed by atoms with Crippen molar-refractivity contribution in [3.8, 4) is 0 Å². The monoisotopic (exact) mass is 251 g/mol. The van der Waals surface area contributed by atoms with E-state index in [2.05, 4.69) is 10.3 Å². The molecule has 2 aromatic rings. The first-order chi connectivity index (χ1) is 8.18. The number of aromatic amines is 1. The van der Waals surface area contributed by atoms with Gasteiger partial charge in [-0.2, -0.15) is 0 Å². The van der Waals surface area contributed by atoms with Gasteiger partial charge in [-0.15, -0.1) is 0 Å². The lowest BCUT2D eigenvalue weighted by Crippen LogP contribution is -2.51. The number of halogens is 1. The maximum Gasteiger partial charge on any atom is 0.329 e. The molecular formula is C11H10ClN3O2. The molecule has 1 fully saturated rings. The average Bonchev–Trinajstić information content (AvgIpc) is 2.23. The third kappa shape index (κ3) is 1.50. The van der Waals surface area contributed by atoms with E-state index in [1.54, 1.807) is 18.2 Å². The Morgan fingerprint density at radius 2 is 2.06 bits per heavy atom. The number of nitrogens with one attached hydrogen (secondary N) is 2. The van der Waals surface area contributed by atoms with E-state index >= 15 is 0 Å². The van der Waals surface area contributed by atoms with E-state index in [0.717, 1.165) is 0 Å². The zero-order valence-corrected chi connectivity index (χ0v) is 9.62. The Labute approximate surface area is 101 Å². The molecule has 2 N–H and O–H groups in total. The minimum atomic E-state index is -0.401. The SMILES string of the molecule is O=c1[nH]c2c(Cl)cccc2c(=O)n1C1CNC1. The van der Waals surface area contributed by atoms with Crippen LogP contribution in [0.4, 0.5) is 0 Å². The van der Waals surface area contributed by atoms with E-state index in [9.17, 15) is 9.59 Å². The van der Waals surface area contributed by atoms with Crippen LogP contribution in [0.2, 0.25) is 5.02 Å². The molecule has 2 heterocycles. The Morgan fingerprint density at radius 3 is 2.71 bits per heavy atom. The number of aromatic nitrogens is 2. The second kappa shape index (κ2) is 3.72. The lowest BCUT2D eigenvalue weighted by molar-refractivity contribution is 0.327. The number of nitrogens with zero attached hydrogens (tertiary/aromatic N) is 1. The minimum absolute atomic E-state index is 0.0605. The predicted octanol–water partition coefficient (Wildman–Crippen LogP) is 0.487. The highest BCUT2D eigenvalue weighted by atomic mass is 35.5. The Kier molecular flexibility index (Phi) is 2.31. The molecule has 3 rings (SSSR count). The largest absolute Gasteiger partial charge is 0.329 e. The lowest BCUT2D eigenvalue weighted by atomic mass is 10.1. The summed E-state index contributed by atoms with van der Waals surface area (Å²) in [5.41, 5.74) is -0.271. The smallest absolute Gasteiger partial charge is 0.312 e. The van der Waals surface area contributed by atoms with Gasteiger partial charge in [0.15, 0.2) is 0 Å². The van der Waals surface area contributed by atoms with Gasteiger partial charge in [-0.1, -0.05) is 17.7 Å². The van der Waals surface area contributed by atoms with Crippen LogP contribution in [0.25, 0.3) is 10.9 Å². The van der Waals surface area contributed by atoms with Gasteiger partial charge in [0.2, 0.25) is 0 Å². The van der Waals surface area contributed by atoms with Gasteiger partial charge >= 0.3 is 5.69 Å². The Balaban J connectivity index is 2.39. The number of hydrogen-bond acceptors (Lipinski definition) is 3. The van der Waals surface area contributed by atoms with Crippen molar-refractivity contribution in [2.75, 3.05) is 13.1 Å². The summed E-state index contributed by atoms with van der Waals surface area (Å²) in [7, 11) is 0. The molecule has 0 bridgehead atoms. The van der Waals surface area contributed by atoms with Gasteiger partial charge in [0, 0.05) is 13.1 Å². The Hall–Kier alpha value is -1.59. The van der Waals surface area contributed by atoms with Crippen molar-refractivity contribution < 1.29 is 0 Å². The molecular weight excluding hydrogens is 242 g/mol. The molecule has 1 saturated heterocycles. The molecule has 88 valence electrons. The summed E-state index contributed by atoms with van der Waals surface area (Å²) >= 11 is 5.95. The van der Waals surface area contributed by atoms with Gasteiger partial charge in [-0.25, -0.2) is 4.79 Å². The van der Waals surface area contributed by atoms with Gasteiger partial charge in [0.25, 0.3) is 5.56 Å². The van der Waals surface area contributed by atoms with Crippen molar-refractivity contribution in [2.45, 2.75) is 6.04 Å². The molecule has 0 spiro atoms. The molecule has 0 amide bonds. The van der Waals surface area contributed by atoms with Crippen molar-refractivity contribution in [1.82, 2.24) is 14.9 Å². The fourth-order valence-corrected chi connectivity index (χ4v) is 2.23. The third-order valence-corrected chi connectivity index (χ3v) is 3.35. The summed E-state index contributed by atoms with van der Waals surface area (Å²) in [5, 5.41) is 3.87. The first kappa shape index (κ1) is 10.6. The molecule has 0 atom stereocenters. The van der Waals surface area contributed by atoms with E-state index in [4.69, 9.17) is 11.6 Å². The highest BCUT2D eigenvalue weighted by molar-refractivity contribution is 6.34. The summed E-state index contributed by atoms with van der Waals surface area (Å²) in [6.07, 6.45) is 0. The average molecular weight is 252 g/mol. The topological polar surface area (TPSA) is 66.9 Å². The van der Waals surface area contributed by atoms with Crippen LogP contribution in [0.3, 0.4) is 0 Å². The molecule has 1 aliphatic heterocycles.